The minimum atomic E-state index is -0.167. The summed E-state index contributed by atoms with van der Waals surface area (Å²) in [6, 6.07) is 9.18. The maximum absolute atomic E-state index is 12.3. The highest BCUT2D eigenvalue weighted by molar-refractivity contribution is 9.11. The number of rotatable bonds is 2. The van der Waals surface area contributed by atoms with E-state index in [1.165, 1.54) is 0 Å². The number of aromatic nitrogens is 2. The molecule has 0 aliphatic carbocycles. The van der Waals surface area contributed by atoms with Crippen LogP contribution in [-0.2, 0) is 0 Å². The van der Waals surface area contributed by atoms with Crippen LogP contribution in [0.1, 0.15) is 10.4 Å². The minimum Gasteiger partial charge on any atom is -0.321 e. The molecule has 0 unspecified atom stereocenters. The van der Waals surface area contributed by atoms with Crippen molar-refractivity contribution in [2.24, 2.45) is 0 Å². The number of carbonyl (C=O) groups excluding carboxylic acids is 1. The van der Waals surface area contributed by atoms with Crippen molar-refractivity contribution < 1.29 is 4.79 Å². The normalized spacial score (nSPS) is 10.7. The van der Waals surface area contributed by atoms with Crippen molar-refractivity contribution in [1.82, 2.24) is 9.38 Å². The molecule has 1 N–H and O–H groups in total. The number of nitrogens with one attached hydrogen (secondary N) is 1. The molecule has 2 heterocycles. The van der Waals surface area contributed by atoms with Gasteiger partial charge in [0.1, 0.15) is 5.65 Å². The molecule has 3 rings (SSSR count). The first kappa shape index (κ1) is 13.3. The van der Waals surface area contributed by atoms with Crippen LogP contribution in [0, 0.1) is 0 Å². The Morgan fingerprint density at radius 2 is 2.05 bits per heavy atom. The van der Waals surface area contributed by atoms with E-state index in [9.17, 15) is 4.79 Å². The van der Waals surface area contributed by atoms with Crippen molar-refractivity contribution in [2.45, 2.75) is 0 Å². The van der Waals surface area contributed by atoms with E-state index in [0.717, 1.165) is 20.3 Å². The predicted octanol–water partition coefficient (Wildman–Crippen LogP) is 4.11. The lowest BCUT2D eigenvalue weighted by Crippen LogP contribution is -2.13. The molecule has 6 heteroatoms. The number of benzene rings is 1. The lowest BCUT2D eigenvalue weighted by atomic mass is 10.2. The van der Waals surface area contributed by atoms with Crippen molar-refractivity contribution in [3.63, 3.8) is 0 Å². The van der Waals surface area contributed by atoms with E-state index in [2.05, 4.69) is 42.2 Å². The summed E-state index contributed by atoms with van der Waals surface area (Å²) in [6.07, 6.45) is 5.26. The van der Waals surface area contributed by atoms with Crippen LogP contribution in [0.4, 0.5) is 5.69 Å². The molecule has 0 fully saturated rings. The first-order chi connectivity index (χ1) is 9.63. The van der Waals surface area contributed by atoms with Crippen LogP contribution in [0.5, 0.6) is 0 Å². The van der Waals surface area contributed by atoms with Gasteiger partial charge in [-0.2, -0.15) is 0 Å². The summed E-state index contributed by atoms with van der Waals surface area (Å²) >= 11 is 6.80. The van der Waals surface area contributed by atoms with Crippen LogP contribution in [0.15, 0.2) is 57.9 Å². The van der Waals surface area contributed by atoms with Crippen molar-refractivity contribution in [2.75, 3.05) is 5.32 Å². The molecule has 0 atom stereocenters. The number of carbonyl (C=O) groups is 1. The van der Waals surface area contributed by atoms with Gasteiger partial charge in [0.15, 0.2) is 0 Å². The van der Waals surface area contributed by atoms with E-state index in [-0.39, 0.29) is 5.91 Å². The SMILES string of the molecule is O=C(Nc1cc(Br)ccc1Br)c1ccc2nccn2c1. The highest BCUT2D eigenvalue weighted by Crippen LogP contribution is 2.26. The van der Waals surface area contributed by atoms with Gasteiger partial charge in [0.05, 0.1) is 11.3 Å². The number of imidazole rings is 1. The molecule has 20 heavy (non-hydrogen) atoms. The largest absolute Gasteiger partial charge is 0.321 e. The summed E-state index contributed by atoms with van der Waals surface area (Å²) in [5, 5.41) is 2.87. The molecule has 4 nitrogen and oxygen atoms in total. The van der Waals surface area contributed by atoms with Gasteiger partial charge in [0.25, 0.3) is 5.91 Å². The van der Waals surface area contributed by atoms with Crippen LogP contribution in [-0.4, -0.2) is 15.3 Å². The number of pyridine rings is 1. The number of nitrogens with zero attached hydrogens (tertiary/aromatic N) is 2. The van der Waals surface area contributed by atoms with E-state index in [1.54, 1.807) is 24.7 Å². The lowest BCUT2D eigenvalue weighted by Gasteiger charge is -2.08. The fourth-order valence-corrected chi connectivity index (χ4v) is 2.55. The molecular weight excluding hydrogens is 386 g/mol. The topological polar surface area (TPSA) is 46.4 Å². The number of hydrogen-bond donors (Lipinski definition) is 1. The van der Waals surface area contributed by atoms with E-state index in [1.807, 2.05) is 28.7 Å². The summed E-state index contributed by atoms with van der Waals surface area (Å²) in [5.41, 5.74) is 2.10. The van der Waals surface area contributed by atoms with Gasteiger partial charge in [0.2, 0.25) is 0 Å². The Labute approximate surface area is 132 Å². The van der Waals surface area contributed by atoms with Gasteiger partial charge in [-0.25, -0.2) is 4.98 Å². The van der Waals surface area contributed by atoms with Gasteiger partial charge in [-0.05, 0) is 46.3 Å². The number of anilines is 1. The highest BCUT2D eigenvalue weighted by atomic mass is 79.9. The fraction of sp³-hybridized carbons (Fsp3) is 0. The summed E-state index contributed by atoms with van der Waals surface area (Å²) < 4.78 is 3.55. The van der Waals surface area contributed by atoms with Gasteiger partial charge in [-0.15, -0.1) is 0 Å². The van der Waals surface area contributed by atoms with Crippen molar-refractivity contribution in [1.29, 1.82) is 0 Å². The molecule has 0 aliphatic heterocycles. The lowest BCUT2D eigenvalue weighted by molar-refractivity contribution is 0.102. The second-order valence-corrected chi connectivity index (χ2v) is 5.96. The minimum absolute atomic E-state index is 0.167. The Balaban J connectivity index is 1.90. The van der Waals surface area contributed by atoms with Crippen molar-refractivity contribution in [3.8, 4) is 0 Å². The van der Waals surface area contributed by atoms with Crippen molar-refractivity contribution in [3.05, 3.63) is 63.4 Å². The smallest absolute Gasteiger partial charge is 0.257 e. The Bertz CT molecular complexity index is 798. The Morgan fingerprint density at radius 3 is 2.90 bits per heavy atom. The third-order valence-corrected chi connectivity index (χ3v) is 4.01. The molecule has 3 aromatic rings. The first-order valence-electron chi connectivity index (χ1n) is 5.82. The molecule has 100 valence electrons. The molecule has 0 saturated carbocycles. The molecule has 0 radical (unpaired) electrons. The zero-order chi connectivity index (χ0) is 14.1. The molecule has 1 aromatic carbocycles. The van der Waals surface area contributed by atoms with Gasteiger partial charge in [-0.1, -0.05) is 15.9 Å². The van der Waals surface area contributed by atoms with Crippen molar-refractivity contribution >= 4 is 49.1 Å². The summed E-state index contributed by atoms with van der Waals surface area (Å²) in [4.78, 5) is 16.4. The Morgan fingerprint density at radius 1 is 1.20 bits per heavy atom. The number of halogens is 2. The van der Waals surface area contributed by atoms with Gasteiger partial charge in [0, 0.05) is 27.5 Å². The average molecular weight is 395 g/mol. The van der Waals surface area contributed by atoms with Gasteiger partial charge in [-0.3, -0.25) is 4.79 Å². The van der Waals surface area contributed by atoms with E-state index in [0.29, 0.717) is 5.56 Å². The Kier molecular flexibility index (Phi) is 3.58. The van der Waals surface area contributed by atoms with E-state index in [4.69, 9.17) is 0 Å². The fourth-order valence-electron chi connectivity index (χ4n) is 1.84. The molecule has 0 bridgehead atoms. The summed E-state index contributed by atoms with van der Waals surface area (Å²) in [7, 11) is 0. The Hall–Kier alpha value is -1.66. The zero-order valence-corrected chi connectivity index (χ0v) is 13.3. The highest BCUT2D eigenvalue weighted by Gasteiger charge is 2.09. The van der Waals surface area contributed by atoms with Crippen LogP contribution < -0.4 is 5.32 Å². The monoisotopic (exact) mass is 393 g/mol. The summed E-state index contributed by atoms with van der Waals surface area (Å²) in [5.74, 6) is -0.167. The molecule has 2 aromatic heterocycles. The van der Waals surface area contributed by atoms with E-state index >= 15 is 0 Å². The molecule has 0 aliphatic rings. The third-order valence-electron chi connectivity index (χ3n) is 2.83. The van der Waals surface area contributed by atoms with Gasteiger partial charge < -0.3 is 9.72 Å². The molecule has 0 spiro atoms. The third kappa shape index (κ3) is 2.62. The predicted molar refractivity (Wildman–Crippen MR) is 85.0 cm³/mol. The molecule has 1 amide bonds. The van der Waals surface area contributed by atoms with Gasteiger partial charge >= 0.3 is 0 Å². The number of fused-ring (bicyclic) bond motifs is 1. The second kappa shape index (κ2) is 5.38. The van der Waals surface area contributed by atoms with Crippen LogP contribution in [0.25, 0.3) is 5.65 Å². The quantitative estimate of drug-likeness (QED) is 0.710. The standard InChI is InChI=1S/C14H9Br2N3O/c15-10-2-3-11(16)12(7-10)18-14(20)9-1-4-13-17-5-6-19(13)8-9/h1-8H,(H,18,20). The average Bonchev–Trinajstić information content (AvgIpc) is 2.90. The van der Waals surface area contributed by atoms with E-state index < -0.39 is 0 Å². The first-order valence-corrected chi connectivity index (χ1v) is 7.41. The van der Waals surface area contributed by atoms with Crippen LogP contribution >= 0.6 is 31.9 Å². The second-order valence-electron chi connectivity index (χ2n) is 4.19. The van der Waals surface area contributed by atoms with Crippen LogP contribution in [0.2, 0.25) is 0 Å². The van der Waals surface area contributed by atoms with Crippen LogP contribution in [0.3, 0.4) is 0 Å². The number of amides is 1. The zero-order valence-electron chi connectivity index (χ0n) is 10.2. The maximum Gasteiger partial charge on any atom is 0.257 e. The molecule has 0 saturated heterocycles. The molecular formula is C14H9Br2N3O. The number of hydrogen-bond acceptors (Lipinski definition) is 2. The maximum atomic E-state index is 12.3. The summed E-state index contributed by atoms with van der Waals surface area (Å²) in [6.45, 7) is 0.